The minimum atomic E-state index is -4.99. The Kier molecular flexibility index (Phi) is 2.72. The van der Waals surface area contributed by atoms with Crippen LogP contribution in [0.1, 0.15) is 16.1 Å². The fourth-order valence-electron chi connectivity index (χ4n) is 1.73. The molecule has 0 fully saturated rings. The van der Waals surface area contributed by atoms with Crippen LogP contribution in [0.25, 0.3) is 0 Å². The molecular weight excluding hydrogens is 253 g/mol. The molecule has 0 bridgehead atoms. The highest BCUT2D eigenvalue weighted by Gasteiger charge is 2.45. The van der Waals surface area contributed by atoms with Crippen LogP contribution in [0.3, 0.4) is 0 Å². The van der Waals surface area contributed by atoms with Crippen molar-refractivity contribution in [3.05, 3.63) is 23.5 Å². The van der Waals surface area contributed by atoms with Gasteiger partial charge in [-0.3, -0.25) is 9.78 Å². The Balaban J connectivity index is 2.40. The maximum Gasteiger partial charge on any atom is 0.471 e. The summed E-state index contributed by atoms with van der Waals surface area (Å²) in [6, 6.07) is 1.03. The molecule has 1 N–H and O–H groups in total. The predicted octanol–water partition coefficient (Wildman–Crippen LogP) is 1.23. The quantitative estimate of drug-likeness (QED) is 0.824. The number of hydrogen-bond acceptors (Lipinski definition) is 3. The molecule has 0 aromatic carbocycles. The topological polar surface area (TPSA) is 70.5 Å². The summed E-state index contributed by atoms with van der Waals surface area (Å²) >= 11 is 0. The molecule has 0 saturated carbocycles. The van der Waals surface area contributed by atoms with Gasteiger partial charge in [0.15, 0.2) is 0 Å². The number of halogens is 3. The van der Waals surface area contributed by atoms with Crippen LogP contribution < -0.4 is 4.90 Å². The van der Waals surface area contributed by atoms with Crippen molar-refractivity contribution in [1.29, 1.82) is 0 Å². The van der Waals surface area contributed by atoms with Gasteiger partial charge in [-0.15, -0.1) is 0 Å². The highest BCUT2D eigenvalue weighted by Crippen LogP contribution is 2.31. The second-order valence-corrected chi connectivity index (χ2v) is 3.70. The van der Waals surface area contributed by atoms with E-state index in [0.29, 0.717) is 4.90 Å². The highest BCUT2D eigenvalue weighted by molar-refractivity contribution is 6.00. The largest absolute Gasteiger partial charge is 0.478 e. The molecule has 8 heteroatoms. The predicted molar refractivity (Wildman–Crippen MR) is 53.3 cm³/mol. The Morgan fingerprint density at radius 3 is 2.61 bits per heavy atom. The standard InChI is InChI=1S/C10H7F3N2O3/c11-10(12,13)9(18)15-2-1-6-7(15)3-5(4-14-6)8(16)17/h3-4H,1-2H2,(H,16,17). The number of carboxylic acids is 1. The smallest absolute Gasteiger partial charge is 0.471 e. The lowest BCUT2D eigenvalue weighted by atomic mass is 10.2. The maximum atomic E-state index is 12.3. The molecule has 1 amide bonds. The molecule has 0 unspecified atom stereocenters. The van der Waals surface area contributed by atoms with E-state index in [1.807, 2.05) is 0 Å². The number of alkyl halides is 3. The number of carbonyl (C=O) groups excluding carboxylic acids is 1. The first-order chi connectivity index (χ1) is 8.30. The Morgan fingerprint density at radius 1 is 1.39 bits per heavy atom. The zero-order chi connectivity index (χ0) is 13.5. The SMILES string of the molecule is O=C(O)c1cnc2c(c1)N(C(=O)C(F)(F)F)CC2. The van der Waals surface area contributed by atoms with E-state index in [-0.39, 0.29) is 29.9 Å². The number of fused-ring (bicyclic) bond motifs is 1. The van der Waals surface area contributed by atoms with Crippen LogP contribution in [-0.2, 0) is 11.2 Å². The number of nitrogens with zero attached hydrogens (tertiary/aromatic N) is 2. The fraction of sp³-hybridized carbons (Fsp3) is 0.300. The summed E-state index contributed by atoms with van der Waals surface area (Å²) in [5.74, 6) is -3.32. The molecule has 2 heterocycles. The number of rotatable bonds is 1. The third kappa shape index (κ3) is 2.01. The van der Waals surface area contributed by atoms with Crippen LogP contribution in [0.5, 0.6) is 0 Å². The molecule has 1 aliphatic heterocycles. The van der Waals surface area contributed by atoms with E-state index in [0.717, 1.165) is 12.3 Å². The molecule has 0 aliphatic carbocycles. The lowest BCUT2D eigenvalue weighted by molar-refractivity contribution is -0.170. The Bertz CT molecular complexity index is 528. The van der Waals surface area contributed by atoms with Gasteiger partial charge in [0, 0.05) is 19.2 Å². The van der Waals surface area contributed by atoms with Crippen LogP contribution in [0.2, 0.25) is 0 Å². The van der Waals surface area contributed by atoms with E-state index in [9.17, 15) is 22.8 Å². The average molecular weight is 260 g/mol. The second-order valence-electron chi connectivity index (χ2n) is 3.70. The molecule has 1 aromatic rings. The van der Waals surface area contributed by atoms with Crippen LogP contribution in [0, 0.1) is 0 Å². The number of amides is 1. The van der Waals surface area contributed by atoms with Crippen LogP contribution in [-0.4, -0.2) is 34.7 Å². The number of carboxylic acid groups (broad SMARTS) is 1. The molecule has 0 atom stereocenters. The number of aromatic carboxylic acids is 1. The zero-order valence-corrected chi connectivity index (χ0v) is 8.86. The van der Waals surface area contributed by atoms with E-state index in [2.05, 4.69) is 4.98 Å². The van der Waals surface area contributed by atoms with Crippen LogP contribution in [0.4, 0.5) is 18.9 Å². The summed E-state index contributed by atoms with van der Waals surface area (Å²) in [6.45, 7) is -0.149. The molecule has 1 aliphatic rings. The van der Waals surface area contributed by atoms with Crippen molar-refractivity contribution in [2.75, 3.05) is 11.4 Å². The first kappa shape index (κ1) is 12.3. The van der Waals surface area contributed by atoms with Crippen molar-refractivity contribution in [3.63, 3.8) is 0 Å². The molecule has 18 heavy (non-hydrogen) atoms. The van der Waals surface area contributed by atoms with Gasteiger partial charge >= 0.3 is 18.1 Å². The first-order valence-electron chi connectivity index (χ1n) is 4.91. The summed E-state index contributed by atoms with van der Waals surface area (Å²) in [5, 5.41) is 8.74. The molecule has 1 aromatic heterocycles. The number of carbonyl (C=O) groups is 2. The molecule has 0 spiro atoms. The Morgan fingerprint density at radius 2 is 2.06 bits per heavy atom. The molecule has 5 nitrogen and oxygen atoms in total. The van der Waals surface area contributed by atoms with E-state index in [1.54, 1.807) is 0 Å². The monoisotopic (exact) mass is 260 g/mol. The summed E-state index contributed by atoms with van der Waals surface area (Å²) in [7, 11) is 0. The molecule has 2 rings (SSSR count). The molecule has 96 valence electrons. The van der Waals surface area contributed by atoms with E-state index < -0.39 is 18.1 Å². The lowest BCUT2D eigenvalue weighted by Crippen LogP contribution is -2.40. The van der Waals surface area contributed by atoms with Crippen molar-refractivity contribution < 1.29 is 27.9 Å². The van der Waals surface area contributed by atoms with Crippen LogP contribution in [0.15, 0.2) is 12.3 Å². The van der Waals surface area contributed by atoms with E-state index in [4.69, 9.17) is 5.11 Å². The van der Waals surface area contributed by atoms with Crippen molar-refractivity contribution in [1.82, 2.24) is 4.98 Å². The summed E-state index contributed by atoms with van der Waals surface area (Å²) < 4.78 is 37.0. The Hall–Kier alpha value is -2.12. The van der Waals surface area contributed by atoms with Gasteiger partial charge < -0.3 is 10.0 Å². The van der Waals surface area contributed by atoms with E-state index >= 15 is 0 Å². The first-order valence-corrected chi connectivity index (χ1v) is 4.91. The third-order valence-corrected chi connectivity index (χ3v) is 2.54. The average Bonchev–Trinajstić information content (AvgIpc) is 2.68. The van der Waals surface area contributed by atoms with Gasteiger partial charge in [-0.25, -0.2) is 4.79 Å². The minimum absolute atomic E-state index is 0.0859. The van der Waals surface area contributed by atoms with Gasteiger partial charge in [-0.05, 0) is 6.07 Å². The zero-order valence-electron chi connectivity index (χ0n) is 8.86. The van der Waals surface area contributed by atoms with Crippen molar-refractivity contribution in [2.24, 2.45) is 0 Å². The number of anilines is 1. The molecular formula is C10H7F3N2O3. The Labute approximate surface area is 98.8 Å². The van der Waals surface area contributed by atoms with Gasteiger partial charge in [-0.1, -0.05) is 0 Å². The normalized spacial score (nSPS) is 14.5. The van der Waals surface area contributed by atoms with Crippen molar-refractivity contribution in [2.45, 2.75) is 12.6 Å². The van der Waals surface area contributed by atoms with E-state index in [1.165, 1.54) is 0 Å². The fourth-order valence-corrected chi connectivity index (χ4v) is 1.73. The van der Waals surface area contributed by atoms with Gasteiger partial charge in [0.05, 0.1) is 16.9 Å². The highest BCUT2D eigenvalue weighted by atomic mass is 19.4. The summed E-state index contributed by atoms with van der Waals surface area (Å²) in [4.78, 5) is 26.1. The second kappa shape index (κ2) is 3.97. The van der Waals surface area contributed by atoms with Gasteiger partial charge in [0.1, 0.15) is 0 Å². The molecule has 0 radical (unpaired) electrons. The minimum Gasteiger partial charge on any atom is -0.478 e. The number of pyridine rings is 1. The van der Waals surface area contributed by atoms with Crippen molar-refractivity contribution in [3.8, 4) is 0 Å². The third-order valence-electron chi connectivity index (χ3n) is 2.54. The van der Waals surface area contributed by atoms with Crippen LogP contribution >= 0.6 is 0 Å². The van der Waals surface area contributed by atoms with Crippen molar-refractivity contribution >= 4 is 17.6 Å². The van der Waals surface area contributed by atoms with Gasteiger partial charge in [0.2, 0.25) is 0 Å². The lowest BCUT2D eigenvalue weighted by Gasteiger charge is -2.18. The summed E-state index contributed by atoms with van der Waals surface area (Å²) in [6.07, 6.45) is -3.75. The summed E-state index contributed by atoms with van der Waals surface area (Å²) in [5.41, 5.74) is -0.0505. The number of aromatic nitrogens is 1. The van der Waals surface area contributed by atoms with Gasteiger partial charge in [-0.2, -0.15) is 13.2 Å². The van der Waals surface area contributed by atoms with Gasteiger partial charge in [0.25, 0.3) is 0 Å². The molecule has 0 saturated heterocycles. The maximum absolute atomic E-state index is 12.3. The number of hydrogen-bond donors (Lipinski definition) is 1.